The van der Waals surface area contributed by atoms with Crippen molar-refractivity contribution in [1.82, 2.24) is 5.32 Å². The lowest BCUT2D eigenvalue weighted by molar-refractivity contribution is 0.722. The Morgan fingerprint density at radius 1 is 1.00 bits per heavy atom. The molecule has 0 spiro atoms. The quantitative estimate of drug-likeness (QED) is 0.771. The molecule has 0 saturated heterocycles. The van der Waals surface area contributed by atoms with E-state index in [0.717, 1.165) is 18.5 Å². The number of para-hydroxylation sites is 1. The van der Waals surface area contributed by atoms with Crippen molar-refractivity contribution in [2.45, 2.75) is 39.7 Å². The van der Waals surface area contributed by atoms with Gasteiger partial charge in [0.15, 0.2) is 5.11 Å². The van der Waals surface area contributed by atoms with Crippen molar-refractivity contribution in [2.24, 2.45) is 0 Å². The molecule has 2 nitrogen and oxygen atoms in total. The smallest absolute Gasteiger partial charge is 0.171 e. The van der Waals surface area contributed by atoms with E-state index in [2.05, 4.69) is 73.9 Å². The van der Waals surface area contributed by atoms with Crippen LogP contribution in [0.2, 0.25) is 0 Å². The maximum Gasteiger partial charge on any atom is 0.171 e. The average molecular weight is 312 g/mol. The maximum atomic E-state index is 5.45. The molecule has 0 unspecified atom stereocenters. The largest absolute Gasteiger partial charge is 0.356 e. The predicted octanol–water partition coefficient (Wildman–Crippen LogP) is 4.86. The van der Waals surface area contributed by atoms with E-state index in [9.17, 15) is 0 Å². The summed E-state index contributed by atoms with van der Waals surface area (Å²) in [6.07, 6.45) is 2.05. The fourth-order valence-electron chi connectivity index (χ4n) is 2.43. The molecule has 0 aliphatic rings. The third-order valence-electron chi connectivity index (χ3n) is 3.88. The number of benzene rings is 2. The van der Waals surface area contributed by atoms with Crippen molar-refractivity contribution in [3.05, 3.63) is 65.2 Å². The van der Waals surface area contributed by atoms with Gasteiger partial charge in [-0.05, 0) is 54.7 Å². The Kier molecular flexibility index (Phi) is 5.96. The molecule has 0 radical (unpaired) electrons. The van der Waals surface area contributed by atoms with Crippen LogP contribution in [0.1, 0.15) is 43.5 Å². The lowest BCUT2D eigenvalue weighted by Gasteiger charge is -2.19. The van der Waals surface area contributed by atoms with Gasteiger partial charge in [0, 0.05) is 5.69 Å². The normalized spacial score (nSPS) is 11.8. The van der Waals surface area contributed by atoms with Gasteiger partial charge in [0.2, 0.25) is 0 Å². The van der Waals surface area contributed by atoms with Crippen molar-refractivity contribution in [3.63, 3.8) is 0 Å². The first kappa shape index (κ1) is 16.5. The minimum atomic E-state index is 0.180. The SMILES string of the molecule is CCc1ccc([C@H](C)NC(=S)Nc2ccccc2CC)cc1. The van der Waals surface area contributed by atoms with Gasteiger partial charge < -0.3 is 10.6 Å². The van der Waals surface area contributed by atoms with Gasteiger partial charge in [-0.25, -0.2) is 0 Å². The van der Waals surface area contributed by atoms with Gasteiger partial charge in [0.1, 0.15) is 0 Å². The number of anilines is 1. The molecule has 0 aliphatic carbocycles. The average Bonchev–Trinajstić information content (AvgIpc) is 2.55. The molecule has 0 bridgehead atoms. The van der Waals surface area contributed by atoms with E-state index in [-0.39, 0.29) is 6.04 Å². The third-order valence-corrected chi connectivity index (χ3v) is 4.10. The van der Waals surface area contributed by atoms with Crippen LogP contribution in [0.5, 0.6) is 0 Å². The van der Waals surface area contributed by atoms with E-state index in [4.69, 9.17) is 12.2 Å². The molecule has 2 rings (SSSR count). The van der Waals surface area contributed by atoms with Gasteiger partial charge in [-0.3, -0.25) is 0 Å². The van der Waals surface area contributed by atoms with Crippen molar-refractivity contribution < 1.29 is 0 Å². The van der Waals surface area contributed by atoms with Gasteiger partial charge in [0.25, 0.3) is 0 Å². The van der Waals surface area contributed by atoms with Crippen LogP contribution in [-0.2, 0) is 12.8 Å². The molecule has 3 heteroatoms. The van der Waals surface area contributed by atoms with Gasteiger partial charge >= 0.3 is 0 Å². The molecule has 0 aliphatic heterocycles. The minimum Gasteiger partial charge on any atom is -0.356 e. The molecule has 1 atom stereocenters. The van der Waals surface area contributed by atoms with Crippen LogP contribution >= 0.6 is 12.2 Å². The summed E-state index contributed by atoms with van der Waals surface area (Å²) < 4.78 is 0. The summed E-state index contributed by atoms with van der Waals surface area (Å²) >= 11 is 5.45. The fraction of sp³-hybridized carbons (Fsp3) is 0.316. The first-order valence-corrected chi connectivity index (χ1v) is 8.29. The molecule has 0 fully saturated rings. The summed E-state index contributed by atoms with van der Waals surface area (Å²) in [5.74, 6) is 0. The summed E-state index contributed by atoms with van der Waals surface area (Å²) in [5, 5.41) is 7.32. The Bertz CT molecular complexity index is 620. The van der Waals surface area contributed by atoms with Crippen LogP contribution in [0.4, 0.5) is 5.69 Å². The van der Waals surface area contributed by atoms with Gasteiger partial charge in [0.05, 0.1) is 6.04 Å². The lowest BCUT2D eigenvalue weighted by Crippen LogP contribution is -2.31. The van der Waals surface area contributed by atoms with Crippen LogP contribution in [0.3, 0.4) is 0 Å². The Morgan fingerprint density at radius 2 is 1.68 bits per heavy atom. The topological polar surface area (TPSA) is 24.1 Å². The number of rotatable bonds is 5. The van der Waals surface area contributed by atoms with Crippen LogP contribution in [0, 0.1) is 0 Å². The van der Waals surface area contributed by atoms with Crippen LogP contribution in [0.25, 0.3) is 0 Å². The van der Waals surface area contributed by atoms with Crippen molar-refractivity contribution >= 4 is 23.0 Å². The second kappa shape index (κ2) is 7.95. The van der Waals surface area contributed by atoms with Gasteiger partial charge in [-0.15, -0.1) is 0 Å². The van der Waals surface area contributed by atoms with Crippen LogP contribution in [0.15, 0.2) is 48.5 Å². The Balaban J connectivity index is 1.98. The zero-order valence-electron chi connectivity index (χ0n) is 13.5. The van der Waals surface area contributed by atoms with Gasteiger partial charge in [-0.1, -0.05) is 56.3 Å². The number of aryl methyl sites for hydroxylation is 2. The fourth-order valence-corrected chi connectivity index (χ4v) is 2.72. The number of nitrogens with one attached hydrogen (secondary N) is 2. The Hall–Kier alpha value is -1.87. The standard InChI is InChI=1S/C19H24N2S/c1-4-15-10-12-17(13-11-15)14(3)20-19(22)21-18-9-7-6-8-16(18)5-2/h6-14H,4-5H2,1-3H3,(H2,20,21,22)/t14-/m0/s1. The number of hydrogen-bond acceptors (Lipinski definition) is 1. The maximum absolute atomic E-state index is 5.45. The number of thiocarbonyl (C=S) groups is 1. The van der Waals surface area contributed by atoms with Crippen molar-refractivity contribution in [2.75, 3.05) is 5.32 Å². The minimum absolute atomic E-state index is 0.180. The summed E-state index contributed by atoms with van der Waals surface area (Å²) in [7, 11) is 0. The molecule has 2 N–H and O–H groups in total. The zero-order chi connectivity index (χ0) is 15.9. The highest BCUT2D eigenvalue weighted by Gasteiger charge is 2.08. The molecule has 0 heterocycles. The summed E-state index contributed by atoms with van der Waals surface area (Å²) in [5.41, 5.74) is 4.95. The summed E-state index contributed by atoms with van der Waals surface area (Å²) in [6.45, 7) is 6.44. The molecule has 22 heavy (non-hydrogen) atoms. The zero-order valence-corrected chi connectivity index (χ0v) is 14.3. The summed E-state index contributed by atoms with van der Waals surface area (Å²) in [4.78, 5) is 0. The second-order valence-electron chi connectivity index (χ2n) is 5.43. The Labute approximate surface area is 139 Å². The molecular weight excluding hydrogens is 288 g/mol. The van der Waals surface area contributed by atoms with E-state index in [1.807, 2.05) is 6.07 Å². The second-order valence-corrected chi connectivity index (χ2v) is 5.83. The van der Waals surface area contributed by atoms with Crippen molar-refractivity contribution in [1.29, 1.82) is 0 Å². The first-order valence-electron chi connectivity index (χ1n) is 7.88. The summed E-state index contributed by atoms with van der Waals surface area (Å²) in [6, 6.07) is 17.1. The number of hydrogen-bond donors (Lipinski definition) is 2. The van der Waals surface area contributed by atoms with Gasteiger partial charge in [-0.2, -0.15) is 0 Å². The third kappa shape index (κ3) is 4.31. The molecule has 0 saturated carbocycles. The van der Waals surface area contributed by atoms with E-state index < -0.39 is 0 Å². The highest BCUT2D eigenvalue weighted by atomic mass is 32.1. The molecular formula is C19H24N2S. The van der Waals surface area contributed by atoms with Crippen molar-refractivity contribution in [3.8, 4) is 0 Å². The lowest BCUT2D eigenvalue weighted by atomic mass is 10.1. The molecule has 0 amide bonds. The molecule has 116 valence electrons. The van der Waals surface area contributed by atoms with E-state index >= 15 is 0 Å². The van der Waals surface area contributed by atoms with E-state index in [1.54, 1.807) is 0 Å². The predicted molar refractivity (Wildman–Crippen MR) is 99.4 cm³/mol. The highest BCUT2D eigenvalue weighted by molar-refractivity contribution is 7.80. The molecule has 0 aromatic heterocycles. The highest BCUT2D eigenvalue weighted by Crippen LogP contribution is 2.17. The monoisotopic (exact) mass is 312 g/mol. The Morgan fingerprint density at radius 3 is 2.32 bits per heavy atom. The van der Waals surface area contributed by atoms with E-state index in [1.165, 1.54) is 16.7 Å². The molecule has 2 aromatic rings. The van der Waals surface area contributed by atoms with Crippen LogP contribution < -0.4 is 10.6 Å². The molecule has 2 aromatic carbocycles. The first-order chi connectivity index (χ1) is 10.6. The van der Waals surface area contributed by atoms with E-state index in [0.29, 0.717) is 5.11 Å². The van der Waals surface area contributed by atoms with Crippen LogP contribution in [-0.4, -0.2) is 5.11 Å².